The van der Waals surface area contributed by atoms with Gasteiger partial charge < -0.3 is 15.7 Å². The number of hydrogen-bond donors (Lipinski definition) is 3. The van der Waals surface area contributed by atoms with Crippen LogP contribution in [0.3, 0.4) is 0 Å². The SMILES string of the molecule is O=C(O)CC1(F)CCc2cc(-c3ccc(NC(=O)Nc4cccc(Cl)c4)cc3)ccc2C1=O. The topological polar surface area (TPSA) is 95.5 Å². The fourth-order valence-corrected chi connectivity index (χ4v) is 4.09. The predicted molar refractivity (Wildman–Crippen MR) is 125 cm³/mol. The van der Waals surface area contributed by atoms with Crippen LogP contribution >= 0.6 is 11.6 Å². The van der Waals surface area contributed by atoms with Crippen molar-refractivity contribution in [1.29, 1.82) is 0 Å². The number of rotatable bonds is 5. The van der Waals surface area contributed by atoms with Crippen LogP contribution in [0.25, 0.3) is 11.1 Å². The van der Waals surface area contributed by atoms with E-state index in [-0.39, 0.29) is 18.4 Å². The van der Waals surface area contributed by atoms with E-state index in [1.807, 2.05) is 18.2 Å². The lowest BCUT2D eigenvalue weighted by Gasteiger charge is -2.28. The number of halogens is 2. The molecule has 1 unspecified atom stereocenters. The van der Waals surface area contributed by atoms with Gasteiger partial charge in [-0.3, -0.25) is 9.59 Å². The number of carbonyl (C=O) groups excluding carboxylic acids is 2. The molecule has 0 aromatic heterocycles. The van der Waals surface area contributed by atoms with E-state index in [9.17, 15) is 18.8 Å². The van der Waals surface area contributed by atoms with Gasteiger partial charge >= 0.3 is 12.0 Å². The molecule has 0 bridgehead atoms. The largest absolute Gasteiger partial charge is 0.481 e. The summed E-state index contributed by atoms with van der Waals surface area (Å²) in [4.78, 5) is 35.7. The molecule has 0 spiro atoms. The minimum Gasteiger partial charge on any atom is -0.481 e. The van der Waals surface area contributed by atoms with Gasteiger partial charge in [-0.15, -0.1) is 0 Å². The highest BCUT2D eigenvalue weighted by Gasteiger charge is 2.44. The van der Waals surface area contributed by atoms with Crippen LogP contribution < -0.4 is 10.6 Å². The standard InChI is InChI=1S/C25H20ClFN2O4/c26-18-2-1-3-20(13-18)29-24(33)28-19-7-4-15(5-8-19)16-6-9-21-17(12-16)10-11-25(27,23(21)32)14-22(30)31/h1-9,12-13H,10-11,14H2,(H,30,31)(H2,28,29,33). The number of aliphatic carboxylic acids is 1. The zero-order valence-corrected chi connectivity index (χ0v) is 18.2. The van der Waals surface area contributed by atoms with Gasteiger partial charge in [0.25, 0.3) is 0 Å². The van der Waals surface area contributed by atoms with Gasteiger partial charge in [0.1, 0.15) is 0 Å². The zero-order valence-electron chi connectivity index (χ0n) is 17.4. The number of nitrogens with one attached hydrogen (secondary N) is 2. The van der Waals surface area contributed by atoms with E-state index in [0.717, 1.165) is 11.1 Å². The number of aryl methyl sites for hydroxylation is 1. The minimum atomic E-state index is -2.36. The van der Waals surface area contributed by atoms with E-state index >= 15 is 0 Å². The molecule has 1 aliphatic rings. The van der Waals surface area contributed by atoms with Gasteiger partial charge in [-0.25, -0.2) is 9.18 Å². The van der Waals surface area contributed by atoms with Gasteiger partial charge in [-0.2, -0.15) is 0 Å². The van der Waals surface area contributed by atoms with Crippen LogP contribution in [-0.2, 0) is 11.2 Å². The molecular weight excluding hydrogens is 447 g/mol. The zero-order chi connectivity index (χ0) is 23.6. The maximum atomic E-state index is 14.8. The maximum absolute atomic E-state index is 14.8. The van der Waals surface area contributed by atoms with Crippen LogP contribution in [0.4, 0.5) is 20.6 Å². The van der Waals surface area contributed by atoms with Gasteiger partial charge in [-0.05, 0) is 59.9 Å². The number of hydrogen-bond acceptors (Lipinski definition) is 3. The average molecular weight is 467 g/mol. The first kappa shape index (κ1) is 22.5. The van der Waals surface area contributed by atoms with Crippen molar-refractivity contribution in [2.24, 2.45) is 0 Å². The van der Waals surface area contributed by atoms with E-state index in [1.54, 1.807) is 48.5 Å². The predicted octanol–water partition coefficient (Wildman–Crippen LogP) is 5.96. The minimum absolute atomic E-state index is 0.154. The Morgan fingerprint density at radius 1 is 0.970 bits per heavy atom. The van der Waals surface area contributed by atoms with E-state index in [4.69, 9.17) is 16.7 Å². The quantitative estimate of drug-likeness (QED) is 0.432. The average Bonchev–Trinajstić information content (AvgIpc) is 2.76. The number of benzene rings is 3. The summed E-state index contributed by atoms with van der Waals surface area (Å²) in [7, 11) is 0. The Kier molecular flexibility index (Phi) is 6.16. The van der Waals surface area contributed by atoms with Crippen LogP contribution in [-0.4, -0.2) is 28.6 Å². The molecule has 4 rings (SSSR count). The number of carboxylic acid groups (broad SMARTS) is 1. The third kappa shape index (κ3) is 5.04. The third-order valence-corrected chi connectivity index (χ3v) is 5.77. The Bertz CT molecular complexity index is 1250. The van der Waals surface area contributed by atoms with Gasteiger partial charge in [0.2, 0.25) is 5.78 Å². The van der Waals surface area contributed by atoms with Crippen LogP contribution in [0.1, 0.15) is 28.8 Å². The lowest BCUT2D eigenvalue weighted by atomic mass is 9.78. The van der Waals surface area contributed by atoms with Crippen LogP contribution in [0.2, 0.25) is 5.02 Å². The van der Waals surface area contributed by atoms with Crippen molar-refractivity contribution >= 4 is 40.8 Å². The number of Topliss-reactive ketones (excluding diaryl/α,β-unsaturated/α-hetero) is 1. The number of carbonyl (C=O) groups is 3. The first-order valence-corrected chi connectivity index (χ1v) is 10.6. The molecule has 33 heavy (non-hydrogen) atoms. The number of fused-ring (bicyclic) bond motifs is 1. The molecule has 8 heteroatoms. The summed E-state index contributed by atoms with van der Waals surface area (Å²) in [5, 5.41) is 14.9. The molecule has 0 radical (unpaired) electrons. The van der Waals surface area contributed by atoms with Crippen molar-refractivity contribution in [2.75, 3.05) is 10.6 Å². The highest BCUT2D eigenvalue weighted by atomic mass is 35.5. The molecule has 0 heterocycles. The van der Waals surface area contributed by atoms with Crippen molar-refractivity contribution in [3.63, 3.8) is 0 Å². The molecule has 0 saturated carbocycles. The Balaban J connectivity index is 1.46. The molecule has 3 aromatic rings. The van der Waals surface area contributed by atoms with Gasteiger partial charge in [0.15, 0.2) is 5.67 Å². The smallest absolute Gasteiger partial charge is 0.323 e. The van der Waals surface area contributed by atoms with Gasteiger partial charge in [0.05, 0.1) is 6.42 Å². The molecule has 1 aliphatic carbocycles. The maximum Gasteiger partial charge on any atom is 0.323 e. The summed E-state index contributed by atoms with van der Waals surface area (Å²) < 4.78 is 14.8. The van der Waals surface area contributed by atoms with E-state index in [0.29, 0.717) is 22.0 Å². The first-order valence-electron chi connectivity index (χ1n) is 10.3. The Labute approximate surface area is 194 Å². The number of anilines is 2. The second kappa shape index (κ2) is 9.03. The summed E-state index contributed by atoms with van der Waals surface area (Å²) in [6.07, 6.45) is -0.701. The van der Waals surface area contributed by atoms with Crippen LogP contribution in [0.5, 0.6) is 0 Å². The molecule has 1 atom stereocenters. The van der Waals surface area contributed by atoms with Crippen molar-refractivity contribution in [2.45, 2.75) is 24.9 Å². The number of amides is 2. The van der Waals surface area contributed by atoms with Gasteiger partial charge in [-0.1, -0.05) is 48.0 Å². The Morgan fingerprint density at radius 2 is 1.67 bits per heavy atom. The molecule has 3 N–H and O–H groups in total. The third-order valence-electron chi connectivity index (χ3n) is 5.54. The summed E-state index contributed by atoms with van der Waals surface area (Å²) in [5.74, 6) is -2.11. The first-order chi connectivity index (χ1) is 15.7. The van der Waals surface area contributed by atoms with Crippen LogP contribution in [0, 0.1) is 0 Å². The van der Waals surface area contributed by atoms with Crippen molar-refractivity contribution in [3.8, 4) is 11.1 Å². The highest BCUT2D eigenvalue weighted by Crippen LogP contribution is 2.36. The van der Waals surface area contributed by atoms with Gasteiger partial charge in [0, 0.05) is 22.0 Å². The number of carboxylic acids is 1. The van der Waals surface area contributed by atoms with Crippen molar-refractivity contribution in [3.05, 3.63) is 82.9 Å². The molecule has 3 aromatic carbocycles. The molecule has 0 saturated heterocycles. The molecule has 168 valence electrons. The molecule has 0 fully saturated rings. The summed E-state index contributed by atoms with van der Waals surface area (Å²) >= 11 is 5.92. The lowest BCUT2D eigenvalue weighted by molar-refractivity contribution is -0.139. The lowest BCUT2D eigenvalue weighted by Crippen LogP contribution is -2.40. The Hall–Kier alpha value is -3.71. The molecule has 6 nitrogen and oxygen atoms in total. The summed E-state index contributed by atoms with van der Waals surface area (Å²) in [6, 6.07) is 18.6. The Morgan fingerprint density at radius 3 is 2.36 bits per heavy atom. The second-order valence-corrected chi connectivity index (χ2v) is 8.34. The van der Waals surface area contributed by atoms with Crippen molar-refractivity contribution < 1.29 is 23.9 Å². The number of alkyl halides is 1. The fourth-order valence-electron chi connectivity index (χ4n) is 3.90. The number of urea groups is 1. The van der Waals surface area contributed by atoms with E-state index in [1.165, 1.54) is 0 Å². The second-order valence-electron chi connectivity index (χ2n) is 7.90. The molecular formula is C25H20ClFN2O4. The highest BCUT2D eigenvalue weighted by molar-refractivity contribution is 6.30. The normalized spacial score (nSPS) is 17.2. The van der Waals surface area contributed by atoms with Crippen molar-refractivity contribution in [1.82, 2.24) is 0 Å². The molecule has 0 aliphatic heterocycles. The molecule has 2 amide bonds. The van der Waals surface area contributed by atoms with E-state index < -0.39 is 29.9 Å². The summed E-state index contributed by atoms with van der Waals surface area (Å²) in [6.45, 7) is 0. The monoisotopic (exact) mass is 466 g/mol. The van der Waals surface area contributed by atoms with Crippen LogP contribution in [0.15, 0.2) is 66.7 Å². The summed E-state index contributed by atoms with van der Waals surface area (Å²) in [5.41, 5.74) is 1.40. The van der Waals surface area contributed by atoms with E-state index in [2.05, 4.69) is 10.6 Å². The number of ketones is 1. The fraction of sp³-hybridized carbons (Fsp3) is 0.160.